The molecule has 0 aromatic heterocycles. The van der Waals surface area contributed by atoms with Crippen molar-refractivity contribution < 1.29 is 0 Å². The molecule has 0 fully saturated rings. The summed E-state index contributed by atoms with van der Waals surface area (Å²) in [5.41, 5.74) is 7.61. The maximum atomic E-state index is 2.44. The van der Waals surface area contributed by atoms with Crippen molar-refractivity contribution in [2.24, 2.45) is 5.92 Å². The Balaban J connectivity index is 2.28. The van der Waals surface area contributed by atoms with Gasteiger partial charge in [-0.2, -0.15) is 0 Å². The van der Waals surface area contributed by atoms with Crippen LogP contribution in [0.5, 0.6) is 0 Å². The predicted octanol–water partition coefficient (Wildman–Crippen LogP) is 4.63. The SMILES string of the molecule is CCC1C=CC2=CC(C)Cc3ccc(C)c1c32. The first-order valence-electron chi connectivity index (χ1n) is 6.73. The molecule has 2 unspecified atom stereocenters. The van der Waals surface area contributed by atoms with Gasteiger partial charge in [0.15, 0.2) is 0 Å². The van der Waals surface area contributed by atoms with Crippen LogP contribution in [0, 0.1) is 12.8 Å². The summed E-state index contributed by atoms with van der Waals surface area (Å²) in [7, 11) is 0. The van der Waals surface area contributed by atoms with Crippen molar-refractivity contribution in [3.8, 4) is 0 Å². The van der Waals surface area contributed by atoms with Crippen molar-refractivity contribution in [3.63, 3.8) is 0 Å². The van der Waals surface area contributed by atoms with Gasteiger partial charge in [0.25, 0.3) is 0 Å². The van der Waals surface area contributed by atoms with E-state index in [1.807, 2.05) is 0 Å². The van der Waals surface area contributed by atoms with Gasteiger partial charge >= 0.3 is 0 Å². The van der Waals surface area contributed by atoms with Crippen LogP contribution in [0.25, 0.3) is 5.57 Å². The Morgan fingerprint density at radius 1 is 1.29 bits per heavy atom. The van der Waals surface area contributed by atoms with E-state index in [9.17, 15) is 0 Å². The molecule has 0 spiro atoms. The second kappa shape index (κ2) is 3.87. The lowest BCUT2D eigenvalue weighted by Crippen LogP contribution is -2.14. The first-order valence-corrected chi connectivity index (χ1v) is 6.73. The van der Waals surface area contributed by atoms with Crippen LogP contribution in [0.1, 0.15) is 48.4 Å². The fourth-order valence-electron chi connectivity index (χ4n) is 3.35. The molecule has 2 aliphatic rings. The van der Waals surface area contributed by atoms with E-state index in [-0.39, 0.29) is 0 Å². The van der Waals surface area contributed by atoms with Crippen molar-refractivity contribution in [1.82, 2.24) is 0 Å². The Morgan fingerprint density at radius 2 is 2.12 bits per heavy atom. The molecule has 0 heterocycles. The summed E-state index contributed by atoms with van der Waals surface area (Å²) < 4.78 is 0. The molecule has 0 aliphatic heterocycles. The highest BCUT2D eigenvalue weighted by atomic mass is 14.3. The second-order valence-electron chi connectivity index (χ2n) is 5.51. The molecule has 2 atom stereocenters. The molecule has 0 nitrogen and oxygen atoms in total. The zero-order valence-electron chi connectivity index (χ0n) is 11.0. The molecule has 1 aromatic carbocycles. The minimum atomic E-state index is 0.621. The zero-order valence-corrected chi connectivity index (χ0v) is 11.0. The van der Waals surface area contributed by atoms with E-state index >= 15 is 0 Å². The van der Waals surface area contributed by atoms with Gasteiger partial charge in [0.2, 0.25) is 0 Å². The van der Waals surface area contributed by atoms with Crippen LogP contribution in [-0.2, 0) is 6.42 Å². The Morgan fingerprint density at radius 3 is 2.88 bits per heavy atom. The van der Waals surface area contributed by atoms with E-state index in [0.29, 0.717) is 11.8 Å². The molecule has 88 valence electrons. The molecule has 0 bridgehead atoms. The van der Waals surface area contributed by atoms with Crippen molar-refractivity contribution in [3.05, 3.63) is 52.6 Å². The van der Waals surface area contributed by atoms with Crippen LogP contribution in [0.15, 0.2) is 30.4 Å². The summed E-state index contributed by atoms with van der Waals surface area (Å²) in [5.74, 6) is 1.30. The minimum absolute atomic E-state index is 0.621. The van der Waals surface area contributed by atoms with Gasteiger partial charge in [-0.1, -0.05) is 44.2 Å². The third-order valence-corrected chi connectivity index (χ3v) is 4.16. The molecule has 3 rings (SSSR count). The van der Waals surface area contributed by atoms with Gasteiger partial charge in [0.05, 0.1) is 0 Å². The van der Waals surface area contributed by atoms with Crippen LogP contribution in [-0.4, -0.2) is 0 Å². The average molecular weight is 224 g/mol. The molecule has 0 N–H and O–H groups in total. The highest BCUT2D eigenvalue weighted by Crippen LogP contribution is 2.42. The quantitative estimate of drug-likeness (QED) is 0.652. The van der Waals surface area contributed by atoms with Gasteiger partial charge in [-0.25, -0.2) is 0 Å². The number of hydrogen-bond donors (Lipinski definition) is 0. The fourth-order valence-corrected chi connectivity index (χ4v) is 3.35. The third-order valence-electron chi connectivity index (χ3n) is 4.16. The lowest BCUT2D eigenvalue weighted by Gasteiger charge is -2.30. The summed E-state index contributed by atoms with van der Waals surface area (Å²) in [4.78, 5) is 0. The predicted molar refractivity (Wildman–Crippen MR) is 74.2 cm³/mol. The van der Waals surface area contributed by atoms with Crippen molar-refractivity contribution >= 4 is 5.57 Å². The van der Waals surface area contributed by atoms with E-state index in [4.69, 9.17) is 0 Å². The van der Waals surface area contributed by atoms with Gasteiger partial charge < -0.3 is 0 Å². The van der Waals surface area contributed by atoms with Gasteiger partial charge in [-0.3, -0.25) is 0 Å². The van der Waals surface area contributed by atoms with Crippen LogP contribution in [0.3, 0.4) is 0 Å². The normalized spacial score (nSPS) is 25.5. The van der Waals surface area contributed by atoms with E-state index in [2.05, 4.69) is 51.1 Å². The third kappa shape index (κ3) is 1.58. The highest BCUT2D eigenvalue weighted by molar-refractivity contribution is 5.83. The van der Waals surface area contributed by atoms with Gasteiger partial charge in [-0.15, -0.1) is 0 Å². The maximum Gasteiger partial charge on any atom is 0.00275 e. The standard InChI is InChI=1S/C17H20/c1-4-13-7-8-15-10-11(2)9-14-6-5-12(3)16(13)17(14)15/h5-8,10-11,13H,4,9H2,1-3H3. The summed E-state index contributed by atoms with van der Waals surface area (Å²) in [5, 5.41) is 0. The summed E-state index contributed by atoms with van der Waals surface area (Å²) >= 11 is 0. The van der Waals surface area contributed by atoms with Crippen molar-refractivity contribution in [1.29, 1.82) is 0 Å². The number of benzene rings is 1. The first-order chi connectivity index (χ1) is 8.20. The molecular weight excluding hydrogens is 204 g/mol. The molecule has 0 amide bonds. The molecule has 17 heavy (non-hydrogen) atoms. The Hall–Kier alpha value is -1.30. The summed E-state index contributed by atoms with van der Waals surface area (Å²) in [6.45, 7) is 6.86. The largest absolute Gasteiger partial charge is 0.0764 e. The second-order valence-corrected chi connectivity index (χ2v) is 5.51. The van der Waals surface area contributed by atoms with Gasteiger partial charge in [0.1, 0.15) is 0 Å². The lowest BCUT2D eigenvalue weighted by atomic mass is 9.74. The zero-order chi connectivity index (χ0) is 12.0. The Kier molecular flexibility index (Phi) is 2.47. The molecule has 1 aromatic rings. The van der Waals surface area contributed by atoms with E-state index < -0.39 is 0 Å². The molecule has 0 saturated heterocycles. The molecule has 2 aliphatic carbocycles. The van der Waals surface area contributed by atoms with Crippen LogP contribution >= 0.6 is 0 Å². The van der Waals surface area contributed by atoms with E-state index in [1.54, 1.807) is 16.7 Å². The number of allylic oxidation sites excluding steroid dienone is 4. The van der Waals surface area contributed by atoms with Crippen molar-refractivity contribution in [2.45, 2.75) is 39.5 Å². The molecule has 0 heteroatoms. The molecule has 0 saturated carbocycles. The monoisotopic (exact) mass is 224 g/mol. The minimum Gasteiger partial charge on any atom is -0.0764 e. The smallest absolute Gasteiger partial charge is 0.00275 e. The summed E-state index contributed by atoms with van der Waals surface area (Å²) in [6, 6.07) is 4.65. The topological polar surface area (TPSA) is 0 Å². The number of aryl methyl sites for hydroxylation is 1. The van der Waals surface area contributed by atoms with E-state index in [1.165, 1.54) is 24.0 Å². The lowest BCUT2D eigenvalue weighted by molar-refractivity contribution is 0.703. The van der Waals surface area contributed by atoms with E-state index in [0.717, 1.165) is 0 Å². The fraction of sp³-hybridized carbons (Fsp3) is 0.412. The Bertz CT molecular complexity index is 517. The Labute approximate surface area is 104 Å². The van der Waals surface area contributed by atoms with Crippen molar-refractivity contribution in [2.75, 3.05) is 0 Å². The first kappa shape index (κ1) is 10.8. The summed E-state index contributed by atoms with van der Waals surface area (Å²) in [6.07, 6.45) is 9.58. The van der Waals surface area contributed by atoms with Gasteiger partial charge in [-0.05, 0) is 53.5 Å². The molecular formula is C17H20. The molecule has 0 radical (unpaired) electrons. The number of hydrogen-bond acceptors (Lipinski definition) is 0. The van der Waals surface area contributed by atoms with Crippen LogP contribution in [0.4, 0.5) is 0 Å². The number of rotatable bonds is 1. The average Bonchev–Trinajstić information content (AvgIpc) is 2.33. The maximum absolute atomic E-state index is 2.44. The highest BCUT2D eigenvalue weighted by Gasteiger charge is 2.25. The van der Waals surface area contributed by atoms with Crippen LogP contribution in [0.2, 0.25) is 0 Å². The van der Waals surface area contributed by atoms with Crippen LogP contribution < -0.4 is 0 Å². The van der Waals surface area contributed by atoms with Gasteiger partial charge in [0, 0.05) is 5.92 Å².